The van der Waals surface area contributed by atoms with E-state index in [0.29, 0.717) is 23.6 Å². The van der Waals surface area contributed by atoms with Crippen molar-refractivity contribution in [1.29, 1.82) is 0 Å². The molecule has 0 aliphatic heterocycles. The van der Waals surface area contributed by atoms with Gasteiger partial charge in [0.15, 0.2) is 0 Å². The molecule has 0 aromatic heterocycles. The van der Waals surface area contributed by atoms with Gasteiger partial charge in [0.1, 0.15) is 5.82 Å². The van der Waals surface area contributed by atoms with Crippen LogP contribution in [0.3, 0.4) is 0 Å². The summed E-state index contributed by atoms with van der Waals surface area (Å²) in [6.07, 6.45) is 1.57. The maximum atomic E-state index is 13.8. The van der Waals surface area contributed by atoms with Crippen LogP contribution >= 0.6 is 11.6 Å². The quantitative estimate of drug-likeness (QED) is 0.785. The van der Waals surface area contributed by atoms with E-state index in [-0.39, 0.29) is 18.0 Å². The first-order chi connectivity index (χ1) is 9.12. The Hall–Kier alpha value is -0.640. The highest BCUT2D eigenvalue weighted by Gasteiger charge is 2.21. The zero-order valence-electron chi connectivity index (χ0n) is 11.9. The molecular weight excluding hydrogens is 265 g/mol. The van der Waals surface area contributed by atoms with Gasteiger partial charge in [-0.1, -0.05) is 25.4 Å². The summed E-state index contributed by atoms with van der Waals surface area (Å²) < 4.78 is 19.5. The average molecular weight is 288 g/mol. The third-order valence-electron chi connectivity index (χ3n) is 3.15. The molecule has 0 aliphatic carbocycles. The molecule has 4 heteroatoms. The minimum absolute atomic E-state index is 0.0864. The van der Waals surface area contributed by atoms with Gasteiger partial charge in [0, 0.05) is 17.7 Å². The highest BCUT2D eigenvalue weighted by atomic mass is 35.5. The van der Waals surface area contributed by atoms with Crippen molar-refractivity contribution in [2.24, 2.45) is 0 Å². The summed E-state index contributed by atoms with van der Waals surface area (Å²) >= 11 is 5.93. The first-order valence-corrected chi connectivity index (χ1v) is 7.29. The van der Waals surface area contributed by atoms with E-state index in [1.54, 1.807) is 12.1 Å². The number of ether oxygens (including phenoxy) is 1. The summed E-state index contributed by atoms with van der Waals surface area (Å²) in [6, 6.07) is 4.79. The summed E-state index contributed by atoms with van der Waals surface area (Å²) in [5, 5.41) is 3.94. The van der Waals surface area contributed by atoms with E-state index in [0.717, 1.165) is 13.0 Å². The van der Waals surface area contributed by atoms with Crippen LogP contribution in [0.25, 0.3) is 0 Å². The zero-order chi connectivity index (χ0) is 14.3. The van der Waals surface area contributed by atoms with Gasteiger partial charge < -0.3 is 10.1 Å². The molecule has 0 saturated heterocycles. The molecule has 0 bridgehead atoms. The van der Waals surface area contributed by atoms with Crippen LogP contribution in [0.4, 0.5) is 4.39 Å². The van der Waals surface area contributed by atoms with Crippen molar-refractivity contribution in [3.05, 3.63) is 34.6 Å². The lowest BCUT2D eigenvalue weighted by Crippen LogP contribution is -2.43. The number of rotatable bonds is 8. The Bertz CT molecular complexity index is 386. The molecule has 0 saturated carbocycles. The Balaban J connectivity index is 2.84. The summed E-state index contributed by atoms with van der Waals surface area (Å²) in [4.78, 5) is 0. The third kappa shape index (κ3) is 5.09. The minimum atomic E-state index is -0.210. The monoisotopic (exact) mass is 287 g/mol. The highest BCUT2D eigenvalue weighted by Crippen LogP contribution is 2.18. The molecule has 1 aromatic rings. The van der Waals surface area contributed by atoms with Crippen LogP contribution in [0.15, 0.2) is 18.2 Å². The van der Waals surface area contributed by atoms with E-state index in [2.05, 4.69) is 12.2 Å². The third-order valence-corrected chi connectivity index (χ3v) is 3.38. The molecule has 1 N–H and O–H groups in total. The number of hydrogen-bond acceptors (Lipinski definition) is 2. The summed E-state index contributed by atoms with van der Waals surface area (Å²) in [7, 11) is 0. The van der Waals surface area contributed by atoms with E-state index in [1.165, 1.54) is 6.07 Å². The molecule has 19 heavy (non-hydrogen) atoms. The van der Waals surface area contributed by atoms with Crippen molar-refractivity contribution in [2.75, 3.05) is 13.2 Å². The topological polar surface area (TPSA) is 21.3 Å². The minimum Gasteiger partial charge on any atom is -0.377 e. The van der Waals surface area contributed by atoms with Crippen LogP contribution in [0.1, 0.15) is 32.8 Å². The second-order valence-electron chi connectivity index (χ2n) is 4.51. The van der Waals surface area contributed by atoms with Crippen LogP contribution in [-0.2, 0) is 11.2 Å². The molecule has 0 spiro atoms. The fourth-order valence-corrected chi connectivity index (χ4v) is 2.46. The Morgan fingerprint density at radius 2 is 2.05 bits per heavy atom. The first kappa shape index (κ1) is 16.4. The second-order valence-corrected chi connectivity index (χ2v) is 4.94. The molecule has 0 radical (unpaired) electrons. The molecular formula is C15H23ClFNO. The fraction of sp³-hybridized carbons (Fsp3) is 0.600. The van der Waals surface area contributed by atoms with E-state index in [4.69, 9.17) is 16.3 Å². The molecule has 0 aliphatic rings. The lowest BCUT2D eigenvalue weighted by molar-refractivity contribution is 0.0321. The van der Waals surface area contributed by atoms with Crippen LogP contribution in [-0.4, -0.2) is 25.3 Å². The van der Waals surface area contributed by atoms with Gasteiger partial charge in [-0.05, 0) is 50.1 Å². The van der Waals surface area contributed by atoms with Gasteiger partial charge >= 0.3 is 0 Å². The van der Waals surface area contributed by atoms with Gasteiger partial charge in [-0.25, -0.2) is 4.39 Å². The Morgan fingerprint density at radius 1 is 1.32 bits per heavy atom. The Kier molecular flexibility index (Phi) is 7.36. The molecule has 2 atom stereocenters. The van der Waals surface area contributed by atoms with Crippen molar-refractivity contribution in [3.63, 3.8) is 0 Å². The lowest BCUT2D eigenvalue weighted by Gasteiger charge is -2.27. The van der Waals surface area contributed by atoms with Crippen molar-refractivity contribution < 1.29 is 9.13 Å². The molecule has 0 amide bonds. The standard InChI is InChI=1S/C15H23ClFNO/c1-4-15(19-6-3)14(18-5-2)10-11-9-12(16)7-8-13(11)17/h7-9,14-15,18H,4-6,10H2,1-3H3. The van der Waals surface area contributed by atoms with Gasteiger partial charge in [-0.15, -0.1) is 0 Å². The first-order valence-electron chi connectivity index (χ1n) is 6.91. The SMILES string of the molecule is CCNC(Cc1cc(Cl)ccc1F)C(CC)OCC. The largest absolute Gasteiger partial charge is 0.377 e. The summed E-state index contributed by atoms with van der Waals surface area (Å²) in [5.74, 6) is -0.210. The van der Waals surface area contributed by atoms with E-state index < -0.39 is 0 Å². The molecule has 2 nitrogen and oxygen atoms in total. The Morgan fingerprint density at radius 3 is 2.63 bits per heavy atom. The smallest absolute Gasteiger partial charge is 0.126 e. The van der Waals surface area contributed by atoms with E-state index in [9.17, 15) is 4.39 Å². The number of likely N-dealkylation sites (N-methyl/N-ethyl adjacent to an activating group) is 1. The van der Waals surface area contributed by atoms with E-state index in [1.807, 2.05) is 13.8 Å². The van der Waals surface area contributed by atoms with Crippen LogP contribution in [0, 0.1) is 5.82 Å². The average Bonchev–Trinajstić information content (AvgIpc) is 2.39. The lowest BCUT2D eigenvalue weighted by atomic mass is 9.99. The predicted octanol–water partition coefficient (Wildman–Crippen LogP) is 3.81. The number of halogens is 2. The van der Waals surface area contributed by atoms with Crippen LogP contribution in [0.2, 0.25) is 5.02 Å². The van der Waals surface area contributed by atoms with Crippen molar-refractivity contribution in [3.8, 4) is 0 Å². The summed E-state index contributed by atoms with van der Waals surface area (Å²) in [5.41, 5.74) is 0.636. The second kappa shape index (κ2) is 8.51. The predicted molar refractivity (Wildman–Crippen MR) is 78.3 cm³/mol. The number of hydrogen-bond donors (Lipinski definition) is 1. The van der Waals surface area contributed by atoms with Gasteiger partial charge in [-0.2, -0.15) is 0 Å². The maximum absolute atomic E-state index is 13.8. The van der Waals surface area contributed by atoms with Crippen molar-refractivity contribution in [2.45, 2.75) is 45.8 Å². The van der Waals surface area contributed by atoms with Crippen molar-refractivity contribution in [1.82, 2.24) is 5.32 Å². The van der Waals surface area contributed by atoms with Crippen molar-refractivity contribution >= 4 is 11.6 Å². The van der Waals surface area contributed by atoms with Gasteiger partial charge in [0.25, 0.3) is 0 Å². The number of benzene rings is 1. The highest BCUT2D eigenvalue weighted by molar-refractivity contribution is 6.30. The molecule has 0 fully saturated rings. The van der Waals surface area contributed by atoms with Crippen LogP contribution in [0.5, 0.6) is 0 Å². The molecule has 0 heterocycles. The summed E-state index contributed by atoms with van der Waals surface area (Å²) in [6.45, 7) is 7.60. The number of nitrogens with one attached hydrogen (secondary N) is 1. The van der Waals surface area contributed by atoms with Gasteiger partial charge in [-0.3, -0.25) is 0 Å². The van der Waals surface area contributed by atoms with E-state index >= 15 is 0 Å². The molecule has 108 valence electrons. The zero-order valence-corrected chi connectivity index (χ0v) is 12.6. The molecule has 1 rings (SSSR count). The normalized spacial score (nSPS) is 14.4. The molecule has 1 aromatic carbocycles. The van der Waals surface area contributed by atoms with Gasteiger partial charge in [0.05, 0.1) is 6.10 Å². The molecule has 2 unspecified atom stereocenters. The van der Waals surface area contributed by atoms with Gasteiger partial charge in [0.2, 0.25) is 0 Å². The maximum Gasteiger partial charge on any atom is 0.126 e. The van der Waals surface area contributed by atoms with Crippen LogP contribution < -0.4 is 5.32 Å². The fourth-order valence-electron chi connectivity index (χ4n) is 2.27. The Labute approximate surface area is 120 Å².